The van der Waals surface area contributed by atoms with E-state index in [4.69, 9.17) is 22.1 Å². The molecule has 0 atom stereocenters. The Morgan fingerprint density at radius 2 is 1.84 bits per heavy atom. The van der Waals surface area contributed by atoms with Crippen LogP contribution in [-0.2, 0) is 4.74 Å². The Bertz CT molecular complexity index is 809. The number of anilines is 4. The van der Waals surface area contributed by atoms with Gasteiger partial charge in [0.2, 0.25) is 0 Å². The number of benzene rings is 1. The number of nitrogens with zero attached hydrogens (tertiary/aromatic N) is 1. The first-order valence-electron chi connectivity index (χ1n) is 7.22. The molecule has 1 heterocycles. The molecule has 2 aromatic rings. The van der Waals surface area contributed by atoms with Crippen molar-refractivity contribution in [3.8, 4) is 0 Å². The van der Waals surface area contributed by atoms with Crippen molar-refractivity contribution in [2.24, 2.45) is 0 Å². The zero-order valence-corrected chi connectivity index (χ0v) is 14.5. The number of rotatable bonds is 3. The maximum absolute atomic E-state index is 13.4. The van der Waals surface area contributed by atoms with Crippen LogP contribution in [0.15, 0.2) is 24.3 Å². The number of pyridine rings is 1. The minimum Gasteiger partial charge on any atom is -0.444 e. The molecular formula is C16H17ClF2N4O2. The molecule has 4 N–H and O–H groups in total. The van der Waals surface area contributed by atoms with E-state index in [2.05, 4.69) is 15.6 Å². The molecule has 25 heavy (non-hydrogen) atoms. The Kier molecular flexibility index (Phi) is 5.32. The van der Waals surface area contributed by atoms with Gasteiger partial charge in [-0.25, -0.2) is 18.6 Å². The number of nitrogens with one attached hydrogen (secondary N) is 2. The van der Waals surface area contributed by atoms with Gasteiger partial charge in [-0.1, -0.05) is 11.6 Å². The lowest BCUT2D eigenvalue weighted by Gasteiger charge is -2.20. The van der Waals surface area contributed by atoms with Crippen molar-refractivity contribution in [2.45, 2.75) is 26.4 Å². The van der Waals surface area contributed by atoms with Crippen LogP contribution < -0.4 is 16.4 Å². The third kappa shape index (κ3) is 5.46. The molecule has 1 aromatic carbocycles. The number of hydrogen-bond acceptors (Lipinski definition) is 5. The topological polar surface area (TPSA) is 89.3 Å². The minimum absolute atomic E-state index is 0.0117. The Hall–Kier alpha value is -2.61. The molecule has 6 nitrogen and oxygen atoms in total. The highest BCUT2D eigenvalue weighted by atomic mass is 35.5. The van der Waals surface area contributed by atoms with Gasteiger partial charge in [-0.15, -0.1) is 0 Å². The summed E-state index contributed by atoms with van der Waals surface area (Å²) in [6.07, 6.45) is -0.673. The molecule has 0 aliphatic heterocycles. The second kappa shape index (κ2) is 7.10. The Balaban J connectivity index is 2.22. The van der Waals surface area contributed by atoms with Crippen LogP contribution in [0.25, 0.3) is 0 Å². The average Bonchev–Trinajstić information content (AvgIpc) is 2.41. The lowest BCUT2D eigenvalue weighted by molar-refractivity contribution is 0.0636. The van der Waals surface area contributed by atoms with Crippen molar-refractivity contribution in [3.05, 3.63) is 41.1 Å². The van der Waals surface area contributed by atoms with Crippen molar-refractivity contribution in [1.29, 1.82) is 0 Å². The van der Waals surface area contributed by atoms with E-state index in [-0.39, 0.29) is 22.3 Å². The summed E-state index contributed by atoms with van der Waals surface area (Å²) < 4.78 is 31.6. The summed E-state index contributed by atoms with van der Waals surface area (Å²) in [4.78, 5) is 15.8. The number of nitrogen functional groups attached to an aromatic ring is 1. The summed E-state index contributed by atoms with van der Waals surface area (Å²) in [5.74, 6) is -1.95. The molecule has 134 valence electrons. The Morgan fingerprint density at radius 3 is 2.48 bits per heavy atom. The summed E-state index contributed by atoms with van der Waals surface area (Å²) in [7, 11) is 0. The molecular weight excluding hydrogens is 354 g/mol. The number of carbonyl (C=O) groups excluding carboxylic acids is 1. The van der Waals surface area contributed by atoms with E-state index in [0.717, 1.165) is 12.1 Å². The molecule has 0 radical (unpaired) electrons. The third-order valence-corrected chi connectivity index (χ3v) is 2.99. The first kappa shape index (κ1) is 18.7. The van der Waals surface area contributed by atoms with Gasteiger partial charge in [-0.05, 0) is 26.8 Å². The fourth-order valence-electron chi connectivity index (χ4n) is 1.86. The molecule has 9 heteroatoms. The summed E-state index contributed by atoms with van der Waals surface area (Å²) >= 11 is 5.92. The van der Waals surface area contributed by atoms with Gasteiger partial charge in [-0.2, -0.15) is 0 Å². The number of hydrogen-bond donors (Lipinski definition) is 3. The molecule has 1 amide bonds. The smallest absolute Gasteiger partial charge is 0.412 e. The lowest BCUT2D eigenvalue weighted by atomic mass is 10.2. The second-order valence-corrected chi connectivity index (χ2v) is 6.56. The van der Waals surface area contributed by atoms with Crippen molar-refractivity contribution < 1.29 is 18.3 Å². The van der Waals surface area contributed by atoms with E-state index in [0.29, 0.717) is 5.69 Å². The number of aromatic nitrogens is 1. The van der Waals surface area contributed by atoms with Crippen LogP contribution in [0.4, 0.5) is 36.5 Å². The SMILES string of the molecule is CC(C)(C)OC(=O)Nc1cc(Cl)nc(Nc2cc(F)c(F)cc2N)c1. The number of nitrogens with two attached hydrogens (primary N) is 1. The van der Waals surface area contributed by atoms with Crippen molar-refractivity contribution >= 4 is 40.6 Å². The molecule has 0 aliphatic rings. The first-order valence-corrected chi connectivity index (χ1v) is 7.60. The van der Waals surface area contributed by atoms with E-state index in [1.54, 1.807) is 20.8 Å². The number of ether oxygens (including phenoxy) is 1. The number of amides is 1. The first-order chi connectivity index (χ1) is 11.5. The van der Waals surface area contributed by atoms with Crippen LogP contribution in [0.3, 0.4) is 0 Å². The van der Waals surface area contributed by atoms with Gasteiger partial charge in [0.15, 0.2) is 11.6 Å². The second-order valence-electron chi connectivity index (χ2n) is 6.17. The normalized spacial score (nSPS) is 11.1. The molecule has 0 aliphatic carbocycles. The Morgan fingerprint density at radius 1 is 1.20 bits per heavy atom. The molecule has 0 fully saturated rings. The largest absolute Gasteiger partial charge is 0.444 e. The fraction of sp³-hybridized carbons (Fsp3) is 0.250. The highest BCUT2D eigenvalue weighted by Crippen LogP contribution is 2.27. The van der Waals surface area contributed by atoms with Gasteiger partial charge in [0.1, 0.15) is 16.6 Å². The average molecular weight is 371 g/mol. The van der Waals surface area contributed by atoms with E-state index in [9.17, 15) is 13.6 Å². The van der Waals surface area contributed by atoms with Crippen LogP contribution in [0.1, 0.15) is 20.8 Å². The predicted molar refractivity (Wildman–Crippen MR) is 93.2 cm³/mol. The van der Waals surface area contributed by atoms with E-state index in [1.165, 1.54) is 12.1 Å². The molecule has 1 aromatic heterocycles. The summed E-state index contributed by atoms with van der Waals surface area (Å²) in [5, 5.41) is 5.30. The molecule has 0 bridgehead atoms. The molecule has 2 rings (SSSR count). The highest BCUT2D eigenvalue weighted by Gasteiger charge is 2.17. The van der Waals surface area contributed by atoms with Crippen LogP contribution in [0, 0.1) is 11.6 Å². The third-order valence-electron chi connectivity index (χ3n) is 2.79. The quantitative estimate of drug-likeness (QED) is 0.539. The molecule has 0 saturated carbocycles. The van der Waals surface area contributed by atoms with Crippen LogP contribution in [0.2, 0.25) is 5.15 Å². The fourth-order valence-corrected chi connectivity index (χ4v) is 2.07. The zero-order chi connectivity index (χ0) is 18.8. The molecule has 0 saturated heterocycles. The zero-order valence-electron chi connectivity index (χ0n) is 13.8. The van der Waals surface area contributed by atoms with Gasteiger partial charge in [0.05, 0.1) is 17.1 Å². The van der Waals surface area contributed by atoms with Gasteiger partial charge >= 0.3 is 6.09 Å². The van der Waals surface area contributed by atoms with Crippen LogP contribution >= 0.6 is 11.6 Å². The Labute approximate surface area is 148 Å². The maximum Gasteiger partial charge on any atom is 0.412 e. The van der Waals surface area contributed by atoms with Gasteiger partial charge in [-0.3, -0.25) is 5.32 Å². The monoisotopic (exact) mass is 370 g/mol. The van der Waals surface area contributed by atoms with Crippen molar-refractivity contribution in [1.82, 2.24) is 4.98 Å². The van der Waals surface area contributed by atoms with Gasteiger partial charge in [0.25, 0.3) is 0 Å². The summed E-state index contributed by atoms with van der Waals surface area (Å²) in [5.41, 5.74) is 5.38. The predicted octanol–water partition coefficient (Wildman–Crippen LogP) is 4.69. The lowest BCUT2D eigenvalue weighted by Crippen LogP contribution is -2.27. The van der Waals surface area contributed by atoms with Crippen molar-refractivity contribution in [2.75, 3.05) is 16.4 Å². The van der Waals surface area contributed by atoms with Crippen molar-refractivity contribution in [3.63, 3.8) is 0 Å². The van der Waals surface area contributed by atoms with E-state index in [1.807, 2.05) is 0 Å². The summed E-state index contributed by atoms with van der Waals surface area (Å²) in [6, 6.07) is 4.60. The molecule has 0 unspecified atom stereocenters. The van der Waals surface area contributed by atoms with Crippen LogP contribution in [-0.4, -0.2) is 16.7 Å². The summed E-state index contributed by atoms with van der Waals surface area (Å²) in [6.45, 7) is 5.18. The van der Waals surface area contributed by atoms with Crippen LogP contribution in [0.5, 0.6) is 0 Å². The maximum atomic E-state index is 13.4. The standard InChI is InChI=1S/C16H17ClF2N4O2/c1-16(2,3)25-15(24)21-8-4-13(17)23-14(5-8)22-12-7-10(19)9(18)6-11(12)20/h4-7H,20H2,1-3H3,(H2,21,22,23,24). The van der Waals surface area contributed by atoms with E-state index < -0.39 is 23.3 Å². The van der Waals surface area contributed by atoms with Gasteiger partial charge < -0.3 is 15.8 Å². The van der Waals surface area contributed by atoms with Gasteiger partial charge in [0, 0.05) is 18.2 Å². The van der Waals surface area contributed by atoms with E-state index >= 15 is 0 Å². The number of carbonyl (C=O) groups is 1. The minimum atomic E-state index is -1.06. The highest BCUT2D eigenvalue weighted by molar-refractivity contribution is 6.29. The number of halogens is 3. The molecule has 0 spiro atoms.